The molecule has 140 valence electrons. The van der Waals surface area contributed by atoms with Gasteiger partial charge in [0, 0.05) is 6.26 Å². The lowest BCUT2D eigenvalue weighted by Crippen LogP contribution is -2.29. The number of fused-ring (bicyclic) bond motifs is 1. The largest absolute Gasteiger partial charge is 0.307 e. The van der Waals surface area contributed by atoms with Gasteiger partial charge in [-0.05, 0) is 49.7 Å². The number of benzene rings is 2. The molecule has 1 aliphatic heterocycles. The Balaban J connectivity index is 2.13. The molecule has 0 amide bonds. The Kier molecular flexibility index (Phi) is 4.32. The van der Waals surface area contributed by atoms with Gasteiger partial charge in [-0.2, -0.15) is 0 Å². The standard InChI is InChI=1S/C19H18FN3O3S/c1-27(25,26)16-9-3-7-14-17(16)19(24)23(13-6-2-5-12(20)11-13)18(22-14)15-8-4-10-21-15/h2-3,5-7,9,11,15,21H,4,8,10H2,1H3/t15-/m0/s1. The molecule has 1 N–H and O–H groups in total. The van der Waals surface area contributed by atoms with Gasteiger partial charge in [-0.1, -0.05) is 12.1 Å². The molecule has 1 atom stereocenters. The zero-order valence-corrected chi connectivity index (χ0v) is 15.5. The minimum Gasteiger partial charge on any atom is -0.307 e. The van der Waals surface area contributed by atoms with Crippen LogP contribution in [-0.2, 0) is 9.84 Å². The van der Waals surface area contributed by atoms with Crippen molar-refractivity contribution in [2.24, 2.45) is 0 Å². The highest BCUT2D eigenvalue weighted by Gasteiger charge is 2.26. The van der Waals surface area contributed by atoms with Crippen molar-refractivity contribution < 1.29 is 12.8 Å². The molecule has 0 spiro atoms. The van der Waals surface area contributed by atoms with E-state index in [1.165, 1.54) is 28.8 Å². The van der Waals surface area contributed by atoms with E-state index < -0.39 is 21.2 Å². The SMILES string of the molecule is CS(=O)(=O)c1cccc2nc([C@@H]3CCCN3)n(-c3cccc(F)c3)c(=O)c12. The van der Waals surface area contributed by atoms with Crippen molar-refractivity contribution in [1.29, 1.82) is 0 Å². The highest BCUT2D eigenvalue weighted by molar-refractivity contribution is 7.91. The Hall–Kier alpha value is -2.58. The fourth-order valence-corrected chi connectivity index (χ4v) is 4.42. The molecule has 0 radical (unpaired) electrons. The van der Waals surface area contributed by atoms with Gasteiger partial charge in [-0.3, -0.25) is 9.36 Å². The predicted molar refractivity (Wildman–Crippen MR) is 100 cm³/mol. The quantitative estimate of drug-likeness (QED) is 0.746. The molecule has 0 aliphatic carbocycles. The van der Waals surface area contributed by atoms with Gasteiger partial charge in [0.1, 0.15) is 11.6 Å². The van der Waals surface area contributed by atoms with Gasteiger partial charge in [0.2, 0.25) is 0 Å². The van der Waals surface area contributed by atoms with Gasteiger partial charge >= 0.3 is 0 Å². The van der Waals surface area contributed by atoms with Crippen LogP contribution in [0.5, 0.6) is 0 Å². The van der Waals surface area contributed by atoms with Crippen LogP contribution in [0.2, 0.25) is 0 Å². The fourth-order valence-electron chi connectivity index (χ4n) is 3.53. The molecule has 0 bridgehead atoms. The molecule has 0 unspecified atom stereocenters. The van der Waals surface area contributed by atoms with E-state index in [9.17, 15) is 17.6 Å². The second-order valence-corrected chi connectivity index (χ2v) is 8.65. The summed E-state index contributed by atoms with van der Waals surface area (Å²) in [7, 11) is -3.63. The zero-order chi connectivity index (χ0) is 19.2. The van der Waals surface area contributed by atoms with Crippen LogP contribution in [0.3, 0.4) is 0 Å². The number of rotatable bonds is 3. The molecule has 3 aromatic rings. The van der Waals surface area contributed by atoms with E-state index in [4.69, 9.17) is 0 Å². The van der Waals surface area contributed by atoms with Crippen LogP contribution in [0, 0.1) is 5.82 Å². The Bertz CT molecular complexity index is 1200. The van der Waals surface area contributed by atoms with Crippen LogP contribution >= 0.6 is 0 Å². The lowest BCUT2D eigenvalue weighted by atomic mass is 10.1. The second-order valence-electron chi connectivity index (χ2n) is 6.66. The third kappa shape index (κ3) is 3.15. The molecule has 1 aromatic heterocycles. The third-order valence-corrected chi connectivity index (χ3v) is 5.86. The van der Waals surface area contributed by atoms with Crippen LogP contribution in [0.25, 0.3) is 16.6 Å². The smallest absolute Gasteiger partial charge is 0.267 e. The molecule has 1 fully saturated rings. The fraction of sp³-hybridized carbons (Fsp3) is 0.263. The second kappa shape index (κ2) is 6.54. The molecule has 27 heavy (non-hydrogen) atoms. The van der Waals surface area contributed by atoms with Crippen molar-refractivity contribution in [3.8, 4) is 5.69 Å². The maximum Gasteiger partial charge on any atom is 0.267 e. The van der Waals surface area contributed by atoms with E-state index in [1.54, 1.807) is 18.2 Å². The van der Waals surface area contributed by atoms with Gasteiger partial charge in [-0.25, -0.2) is 17.8 Å². The van der Waals surface area contributed by atoms with E-state index in [1.807, 2.05) is 0 Å². The number of hydrogen-bond acceptors (Lipinski definition) is 5. The Morgan fingerprint density at radius 3 is 2.67 bits per heavy atom. The van der Waals surface area contributed by atoms with E-state index in [-0.39, 0.29) is 16.3 Å². The molecule has 4 rings (SSSR count). The molecule has 0 saturated carbocycles. The summed E-state index contributed by atoms with van der Waals surface area (Å²) >= 11 is 0. The first-order valence-corrected chi connectivity index (χ1v) is 10.5. The highest BCUT2D eigenvalue weighted by atomic mass is 32.2. The summed E-state index contributed by atoms with van der Waals surface area (Å²) in [5.74, 6) is -0.0255. The summed E-state index contributed by atoms with van der Waals surface area (Å²) in [6.45, 7) is 0.797. The van der Waals surface area contributed by atoms with Crippen molar-refractivity contribution in [3.05, 3.63) is 64.5 Å². The monoisotopic (exact) mass is 387 g/mol. The molecule has 6 nitrogen and oxygen atoms in total. The molecule has 1 aliphatic rings. The first-order chi connectivity index (χ1) is 12.9. The summed E-state index contributed by atoms with van der Waals surface area (Å²) < 4.78 is 39.5. The van der Waals surface area contributed by atoms with Crippen LogP contribution in [0.1, 0.15) is 24.7 Å². The van der Waals surface area contributed by atoms with Crippen molar-refractivity contribution in [2.45, 2.75) is 23.8 Å². The summed E-state index contributed by atoms with van der Waals surface area (Å²) in [6, 6.07) is 10.1. The van der Waals surface area contributed by atoms with Gasteiger partial charge < -0.3 is 5.32 Å². The molecular formula is C19H18FN3O3S. The molecule has 1 saturated heterocycles. The topological polar surface area (TPSA) is 81.1 Å². The zero-order valence-electron chi connectivity index (χ0n) is 14.6. The normalized spacial score (nSPS) is 17.5. The van der Waals surface area contributed by atoms with Gasteiger partial charge in [0.15, 0.2) is 9.84 Å². The van der Waals surface area contributed by atoms with Crippen molar-refractivity contribution >= 4 is 20.7 Å². The average molecular weight is 387 g/mol. The van der Waals surface area contributed by atoms with Crippen molar-refractivity contribution in [1.82, 2.24) is 14.9 Å². The third-order valence-electron chi connectivity index (χ3n) is 4.72. The van der Waals surface area contributed by atoms with Crippen LogP contribution in [0.15, 0.2) is 52.2 Å². The lowest BCUT2D eigenvalue weighted by Gasteiger charge is -2.19. The van der Waals surface area contributed by atoms with Crippen LogP contribution in [0.4, 0.5) is 4.39 Å². The van der Waals surface area contributed by atoms with E-state index >= 15 is 0 Å². The summed E-state index contributed by atoms with van der Waals surface area (Å²) in [5.41, 5.74) is 0.121. The van der Waals surface area contributed by atoms with Gasteiger partial charge in [-0.15, -0.1) is 0 Å². The summed E-state index contributed by atoms with van der Waals surface area (Å²) in [4.78, 5) is 17.9. The van der Waals surface area contributed by atoms with Gasteiger partial charge in [0.25, 0.3) is 5.56 Å². The Morgan fingerprint density at radius 2 is 2.00 bits per heavy atom. The van der Waals surface area contributed by atoms with Crippen LogP contribution < -0.4 is 10.9 Å². The molecule has 8 heteroatoms. The molecule has 2 aromatic carbocycles. The molecule has 2 heterocycles. The number of nitrogens with one attached hydrogen (secondary N) is 1. The number of aromatic nitrogens is 2. The van der Waals surface area contributed by atoms with E-state index in [2.05, 4.69) is 10.3 Å². The van der Waals surface area contributed by atoms with E-state index in [0.29, 0.717) is 17.0 Å². The van der Waals surface area contributed by atoms with E-state index in [0.717, 1.165) is 25.6 Å². The minimum atomic E-state index is -3.63. The number of halogens is 1. The van der Waals surface area contributed by atoms with Crippen molar-refractivity contribution in [2.75, 3.05) is 12.8 Å². The minimum absolute atomic E-state index is 0.0195. The summed E-state index contributed by atoms with van der Waals surface area (Å²) in [6.07, 6.45) is 2.78. The lowest BCUT2D eigenvalue weighted by molar-refractivity contribution is 0.580. The maximum atomic E-state index is 13.8. The summed E-state index contributed by atoms with van der Waals surface area (Å²) in [5, 5.41) is 3.32. The average Bonchev–Trinajstić information content (AvgIpc) is 3.14. The first-order valence-electron chi connectivity index (χ1n) is 8.61. The van der Waals surface area contributed by atoms with Gasteiger partial charge in [0.05, 0.1) is 27.5 Å². The number of hydrogen-bond donors (Lipinski definition) is 1. The first kappa shape index (κ1) is 17.8. The molecular weight excluding hydrogens is 369 g/mol. The van der Waals surface area contributed by atoms with Crippen LogP contribution in [-0.4, -0.2) is 30.8 Å². The Labute approximate surface area is 155 Å². The Morgan fingerprint density at radius 1 is 1.22 bits per heavy atom. The maximum absolute atomic E-state index is 13.8. The number of sulfone groups is 1. The number of nitrogens with zero attached hydrogens (tertiary/aromatic N) is 2. The van der Waals surface area contributed by atoms with Crippen molar-refractivity contribution in [3.63, 3.8) is 0 Å². The predicted octanol–water partition coefficient (Wildman–Crippen LogP) is 2.35. The highest BCUT2D eigenvalue weighted by Crippen LogP contribution is 2.26.